The monoisotopic (exact) mass is 230 g/mol. The molecule has 17 heavy (non-hydrogen) atoms. The third-order valence-corrected chi connectivity index (χ3v) is 4.06. The first-order valence-electron chi connectivity index (χ1n) is 6.95. The summed E-state index contributed by atoms with van der Waals surface area (Å²) in [7, 11) is 0. The lowest BCUT2D eigenvalue weighted by Crippen LogP contribution is -2.42. The fraction of sp³-hybridized carbons (Fsp3) is 0.600. The second-order valence-corrected chi connectivity index (χ2v) is 5.41. The minimum absolute atomic E-state index is 0.709. The van der Waals surface area contributed by atoms with Crippen molar-refractivity contribution in [2.75, 3.05) is 13.1 Å². The van der Waals surface area contributed by atoms with Crippen molar-refractivity contribution in [1.82, 2.24) is 10.6 Å². The average molecular weight is 230 g/mol. The molecule has 1 saturated heterocycles. The Kier molecular flexibility index (Phi) is 3.44. The molecule has 0 aromatic heterocycles. The summed E-state index contributed by atoms with van der Waals surface area (Å²) in [6.45, 7) is 2.35. The Morgan fingerprint density at radius 3 is 2.82 bits per heavy atom. The quantitative estimate of drug-likeness (QED) is 0.829. The molecule has 1 aromatic carbocycles. The molecule has 3 rings (SSSR count). The van der Waals surface area contributed by atoms with Gasteiger partial charge in [0.25, 0.3) is 0 Å². The normalized spacial score (nSPS) is 32.4. The minimum Gasteiger partial charge on any atom is -0.313 e. The van der Waals surface area contributed by atoms with Gasteiger partial charge in [-0.2, -0.15) is 0 Å². The first-order chi connectivity index (χ1) is 8.43. The molecule has 0 radical (unpaired) electrons. The lowest BCUT2D eigenvalue weighted by molar-refractivity contribution is 0.382. The van der Waals surface area contributed by atoms with E-state index < -0.39 is 0 Å². The van der Waals surface area contributed by atoms with Gasteiger partial charge in [0.1, 0.15) is 0 Å². The molecule has 2 N–H and O–H groups in total. The van der Waals surface area contributed by atoms with Crippen LogP contribution in [0.5, 0.6) is 0 Å². The number of hydrogen-bond acceptors (Lipinski definition) is 2. The third kappa shape index (κ3) is 2.88. The van der Waals surface area contributed by atoms with Gasteiger partial charge in [-0.05, 0) is 31.4 Å². The van der Waals surface area contributed by atoms with E-state index in [1.165, 1.54) is 37.8 Å². The van der Waals surface area contributed by atoms with E-state index in [2.05, 4.69) is 41.0 Å². The molecule has 1 aliphatic carbocycles. The van der Waals surface area contributed by atoms with Crippen LogP contribution in [-0.2, 0) is 0 Å². The van der Waals surface area contributed by atoms with E-state index >= 15 is 0 Å². The summed E-state index contributed by atoms with van der Waals surface area (Å²) in [5.41, 5.74) is 1.50. The molecule has 2 aliphatic rings. The van der Waals surface area contributed by atoms with Crippen LogP contribution in [-0.4, -0.2) is 25.2 Å². The second-order valence-electron chi connectivity index (χ2n) is 5.41. The molecule has 3 atom stereocenters. The third-order valence-electron chi connectivity index (χ3n) is 4.06. The van der Waals surface area contributed by atoms with Crippen LogP contribution in [0.15, 0.2) is 30.3 Å². The van der Waals surface area contributed by atoms with Crippen LogP contribution in [0.4, 0.5) is 0 Å². The van der Waals surface area contributed by atoms with Gasteiger partial charge in [-0.25, -0.2) is 0 Å². The number of piperidine rings is 1. The zero-order valence-electron chi connectivity index (χ0n) is 10.4. The van der Waals surface area contributed by atoms with E-state index in [9.17, 15) is 0 Å². The first kappa shape index (κ1) is 11.2. The summed E-state index contributed by atoms with van der Waals surface area (Å²) >= 11 is 0. The van der Waals surface area contributed by atoms with Gasteiger partial charge in [0, 0.05) is 24.5 Å². The highest BCUT2D eigenvalue weighted by atomic mass is 15.0. The molecule has 0 amide bonds. The molecule has 2 fully saturated rings. The van der Waals surface area contributed by atoms with E-state index in [-0.39, 0.29) is 0 Å². The van der Waals surface area contributed by atoms with Gasteiger partial charge in [-0.3, -0.25) is 0 Å². The summed E-state index contributed by atoms with van der Waals surface area (Å²) in [5.74, 6) is 0.764. The number of hydrogen-bond donors (Lipinski definition) is 2. The van der Waals surface area contributed by atoms with Crippen molar-refractivity contribution in [3.05, 3.63) is 35.9 Å². The summed E-state index contributed by atoms with van der Waals surface area (Å²) in [4.78, 5) is 0. The Balaban J connectivity index is 1.43. The number of rotatable bonds is 4. The van der Waals surface area contributed by atoms with Crippen LogP contribution in [0.2, 0.25) is 0 Å². The molecule has 1 saturated carbocycles. The Hall–Kier alpha value is -0.860. The molecule has 0 bridgehead atoms. The maximum atomic E-state index is 3.71. The Labute approximate surface area is 104 Å². The fourth-order valence-electron chi connectivity index (χ4n) is 2.88. The molecule has 1 aliphatic heterocycles. The molecular formula is C15H22N2. The van der Waals surface area contributed by atoms with Gasteiger partial charge in [0.2, 0.25) is 0 Å². The lowest BCUT2D eigenvalue weighted by atomic mass is 10.1. The predicted molar refractivity (Wildman–Crippen MR) is 71.2 cm³/mol. The van der Waals surface area contributed by atoms with E-state index in [0.29, 0.717) is 6.04 Å². The Morgan fingerprint density at radius 1 is 1.18 bits per heavy atom. The zero-order valence-corrected chi connectivity index (χ0v) is 10.4. The largest absolute Gasteiger partial charge is 0.313 e. The number of benzene rings is 1. The Morgan fingerprint density at radius 2 is 2.06 bits per heavy atom. The summed E-state index contributed by atoms with van der Waals surface area (Å²) < 4.78 is 0. The SMILES string of the molecule is c1ccc(C2CC2NC[C@@H]2CCCCN2)cc1. The van der Waals surface area contributed by atoms with Crippen LogP contribution in [0.1, 0.15) is 37.2 Å². The van der Waals surface area contributed by atoms with Gasteiger partial charge in [-0.15, -0.1) is 0 Å². The van der Waals surface area contributed by atoms with E-state index in [1.807, 2.05) is 0 Å². The van der Waals surface area contributed by atoms with Crippen molar-refractivity contribution in [1.29, 1.82) is 0 Å². The summed E-state index contributed by atoms with van der Waals surface area (Å²) in [6.07, 6.45) is 5.41. The van der Waals surface area contributed by atoms with Gasteiger partial charge in [0.05, 0.1) is 0 Å². The highest BCUT2D eigenvalue weighted by molar-refractivity contribution is 5.27. The average Bonchev–Trinajstić information content (AvgIpc) is 3.18. The maximum absolute atomic E-state index is 3.71. The molecular weight excluding hydrogens is 208 g/mol. The predicted octanol–water partition coefficient (Wildman–Crippen LogP) is 2.27. The van der Waals surface area contributed by atoms with Gasteiger partial charge in [0.15, 0.2) is 0 Å². The molecule has 2 unspecified atom stereocenters. The van der Waals surface area contributed by atoms with Crippen molar-refractivity contribution in [2.24, 2.45) is 0 Å². The zero-order chi connectivity index (χ0) is 11.5. The van der Waals surface area contributed by atoms with Crippen molar-refractivity contribution in [3.63, 3.8) is 0 Å². The van der Waals surface area contributed by atoms with Crippen LogP contribution >= 0.6 is 0 Å². The molecule has 1 aromatic rings. The van der Waals surface area contributed by atoms with Crippen molar-refractivity contribution < 1.29 is 0 Å². The lowest BCUT2D eigenvalue weighted by Gasteiger charge is -2.23. The second kappa shape index (κ2) is 5.19. The molecule has 92 valence electrons. The van der Waals surface area contributed by atoms with Gasteiger partial charge in [-0.1, -0.05) is 36.8 Å². The Bertz CT molecular complexity index is 343. The van der Waals surface area contributed by atoms with Crippen molar-refractivity contribution in [2.45, 2.75) is 43.7 Å². The summed E-state index contributed by atoms with van der Waals surface area (Å²) in [6, 6.07) is 12.3. The molecule has 2 heteroatoms. The van der Waals surface area contributed by atoms with Crippen LogP contribution in [0, 0.1) is 0 Å². The molecule has 2 nitrogen and oxygen atoms in total. The maximum Gasteiger partial charge on any atom is 0.0192 e. The fourth-order valence-corrected chi connectivity index (χ4v) is 2.88. The van der Waals surface area contributed by atoms with Crippen LogP contribution in [0.25, 0.3) is 0 Å². The van der Waals surface area contributed by atoms with Crippen molar-refractivity contribution in [3.8, 4) is 0 Å². The number of nitrogens with one attached hydrogen (secondary N) is 2. The van der Waals surface area contributed by atoms with Crippen molar-refractivity contribution >= 4 is 0 Å². The highest BCUT2D eigenvalue weighted by Gasteiger charge is 2.37. The van der Waals surface area contributed by atoms with E-state index in [0.717, 1.165) is 18.5 Å². The van der Waals surface area contributed by atoms with E-state index in [1.54, 1.807) is 0 Å². The summed E-state index contributed by atoms with van der Waals surface area (Å²) in [5, 5.41) is 7.31. The van der Waals surface area contributed by atoms with Gasteiger partial charge >= 0.3 is 0 Å². The molecule has 1 heterocycles. The highest BCUT2D eigenvalue weighted by Crippen LogP contribution is 2.40. The topological polar surface area (TPSA) is 24.1 Å². The minimum atomic E-state index is 0.709. The van der Waals surface area contributed by atoms with E-state index in [4.69, 9.17) is 0 Å². The smallest absolute Gasteiger partial charge is 0.0192 e. The van der Waals surface area contributed by atoms with Gasteiger partial charge < -0.3 is 10.6 Å². The first-order valence-corrected chi connectivity index (χ1v) is 6.95. The molecule has 0 spiro atoms. The van der Waals surface area contributed by atoms with Crippen LogP contribution < -0.4 is 10.6 Å². The standard InChI is InChI=1S/C15H22N2/c1-2-6-12(7-3-1)14-10-15(14)17-11-13-8-4-5-9-16-13/h1-3,6-7,13-17H,4-5,8-11H2/t13-,14?,15?/m0/s1. The van der Waals surface area contributed by atoms with Crippen LogP contribution in [0.3, 0.4) is 0 Å².